The molecule has 6 atom stereocenters. The first kappa shape index (κ1) is 62.3. The average Bonchev–Trinajstić information content (AvgIpc) is 3.30. The number of aliphatic hydroxyl groups is 5. The van der Waals surface area contributed by atoms with Gasteiger partial charge in [-0.15, -0.1) is 0 Å². The van der Waals surface area contributed by atoms with Crippen LogP contribution in [0.5, 0.6) is 0 Å². The topological polar surface area (TPSA) is 210 Å². The maximum absolute atomic E-state index is 12.9. The summed E-state index contributed by atoms with van der Waals surface area (Å²) in [6.45, 7) is 3.33. The van der Waals surface area contributed by atoms with Crippen LogP contribution in [0.4, 0.5) is 0 Å². The molecule has 0 spiro atoms. The van der Waals surface area contributed by atoms with Crippen molar-refractivity contribution in [3.63, 3.8) is 0 Å². The first-order chi connectivity index (χ1) is 31.9. The van der Waals surface area contributed by atoms with E-state index in [4.69, 9.17) is 18.5 Å². The van der Waals surface area contributed by atoms with Crippen molar-refractivity contribution >= 4 is 19.8 Å². The van der Waals surface area contributed by atoms with Gasteiger partial charge >= 0.3 is 19.8 Å². The Morgan fingerprint density at radius 2 is 0.773 bits per heavy atom. The lowest BCUT2D eigenvalue weighted by molar-refractivity contribution is -0.220. The maximum Gasteiger partial charge on any atom is 0.472 e. The van der Waals surface area contributed by atoms with Gasteiger partial charge in [-0.3, -0.25) is 18.6 Å². The molecule has 1 aliphatic carbocycles. The molecule has 6 unspecified atom stereocenters. The largest absolute Gasteiger partial charge is 0.472 e. The molecular weight excluding hydrogens is 864 g/mol. The third-order valence-electron chi connectivity index (χ3n) is 12.5. The summed E-state index contributed by atoms with van der Waals surface area (Å²) in [6.07, 6.45) is 35.0. The van der Waals surface area contributed by atoms with E-state index in [-0.39, 0.29) is 12.8 Å². The summed E-state index contributed by atoms with van der Waals surface area (Å²) < 4.78 is 33.7. The summed E-state index contributed by atoms with van der Waals surface area (Å²) >= 11 is 0. The molecule has 0 radical (unpaired) electrons. The SMILES string of the molecule is CCCCCCCC/C=C\CCCCCCCCCCCC(=O)OC(COC(=O)CCCCCCCCC/C=C\CCCCCCCCC)COP(=O)(O)OC1C(O)C(O)C(O)C(O)C1O. The standard InChI is InChI=1S/C52H97O13P/c1-3-5-7-9-11-13-15-17-19-21-23-25-27-29-31-33-35-37-39-41-46(54)64-44(43-63-66(60,61)65-52-50(58)48(56)47(55)49(57)51(52)59)42-62-45(53)40-38-36-34-32-30-28-26-24-22-20-18-16-14-12-10-8-6-4-2/h17,19-20,22,44,47-52,55-59H,3-16,18,21,23-43H2,1-2H3,(H,60,61)/b19-17-,22-20-. The summed E-state index contributed by atoms with van der Waals surface area (Å²) in [5.41, 5.74) is 0. The Morgan fingerprint density at radius 1 is 0.455 bits per heavy atom. The summed E-state index contributed by atoms with van der Waals surface area (Å²) in [6, 6.07) is 0. The second-order valence-corrected chi connectivity index (χ2v) is 20.1. The van der Waals surface area contributed by atoms with Crippen LogP contribution < -0.4 is 0 Å². The second-order valence-electron chi connectivity index (χ2n) is 18.7. The molecule has 13 nitrogen and oxygen atoms in total. The minimum atomic E-state index is -5.12. The van der Waals surface area contributed by atoms with E-state index in [0.717, 1.165) is 64.2 Å². The van der Waals surface area contributed by atoms with Gasteiger partial charge in [-0.2, -0.15) is 0 Å². The van der Waals surface area contributed by atoms with Gasteiger partial charge < -0.3 is 39.9 Å². The molecule has 0 aromatic carbocycles. The van der Waals surface area contributed by atoms with Crippen molar-refractivity contribution < 1.29 is 63.1 Å². The van der Waals surface area contributed by atoms with E-state index in [1.54, 1.807) is 0 Å². The number of hydrogen-bond donors (Lipinski definition) is 6. The van der Waals surface area contributed by atoms with Crippen LogP contribution in [0.1, 0.15) is 239 Å². The van der Waals surface area contributed by atoms with Crippen LogP contribution in [0.25, 0.3) is 0 Å². The fourth-order valence-corrected chi connectivity index (χ4v) is 9.19. The molecule has 1 fully saturated rings. The molecule has 0 aromatic heterocycles. The molecule has 14 heteroatoms. The zero-order valence-electron chi connectivity index (χ0n) is 41.5. The summed E-state index contributed by atoms with van der Waals surface area (Å²) in [7, 11) is -5.12. The third-order valence-corrected chi connectivity index (χ3v) is 13.5. The molecular formula is C52H97O13P. The zero-order valence-corrected chi connectivity index (χ0v) is 42.4. The molecule has 0 aliphatic heterocycles. The Kier molecular flexibility index (Phi) is 39.9. The number of esters is 2. The minimum absolute atomic E-state index is 0.0959. The Labute approximate surface area is 400 Å². The molecule has 0 saturated heterocycles. The van der Waals surface area contributed by atoms with Gasteiger partial charge in [0, 0.05) is 12.8 Å². The van der Waals surface area contributed by atoms with Gasteiger partial charge in [-0.1, -0.05) is 186 Å². The first-order valence-electron chi connectivity index (χ1n) is 26.6. The molecule has 0 amide bonds. The van der Waals surface area contributed by atoms with Crippen LogP contribution in [0.3, 0.4) is 0 Å². The zero-order chi connectivity index (χ0) is 48.5. The van der Waals surface area contributed by atoms with Crippen molar-refractivity contribution in [1.82, 2.24) is 0 Å². The number of rotatable bonds is 45. The Balaban J connectivity index is 2.38. The fraction of sp³-hybridized carbons (Fsp3) is 0.885. The van der Waals surface area contributed by atoms with Crippen molar-refractivity contribution in [2.75, 3.05) is 13.2 Å². The van der Waals surface area contributed by atoms with E-state index in [1.807, 2.05) is 0 Å². The van der Waals surface area contributed by atoms with E-state index in [0.29, 0.717) is 12.8 Å². The van der Waals surface area contributed by atoms with Gasteiger partial charge in [0.2, 0.25) is 0 Å². The molecule has 66 heavy (non-hydrogen) atoms. The lowest BCUT2D eigenvalue weighted by Crippen LogP contribution is -2.64. The van der Waals surface area contributed by atoms with Gasteiger partial charge in [0.15, 0.2) is 6.10 Å². The molecule has 1 saturated carbocycles. The minimum Gasteiger partial charge on any atom is -0.462 e. The number of aliphatic hydroxyl groups excluding tert-OH is 5. The highest BCUT2D eigenvalue weighted by molar-refractivity contribution is 7.47. The smallest absolute Gasteiger partial charge is 0.462 e. The van der Waals surface area contributed by atoms with Crippen LogP contribution in [-0.4, -0.2) is 98.3 Å². The number of allylic oxidation sites excluding steroid dienone is 4. The van der Waals surface area contributed by atoms with Crippen LogP contribution in [-0.2, 0) is 32.7 Å². The van der Waals surface area contributed by atoms with Crippen molar-refractivity contribution in [1.29, 1.82) is 0 Å². The highest BCUT2D eigenvalue weighted by Gasteiger charge is 2.51. The van der Waals surface area contributed by atoms with Crippen LogP contribution in [0.15, 0.2) is 24.3 Å². The summed E-state index contributed by atoms with van der Waals surface area (Å²) in [5, 5.41) is 50.3. The van der Waals surface area contributed by atoms with Gasteiger partial charge in [0.25, 0.3) is 0 Å². The number of carbonyl (C=O) groups is 2. The maximum atomic E-state index is 12.9. The van der Waals surface area contributed by atoms with E-state index < -0.39 is 75.7 Å². The van der Waals surface area contributed by atoms with Gasteiger partial charge in [0.1, 0.15) is 43.2 Å². The number of hydrogen-bond acceptors (Lipinski definition) is 12. The van der Waals surface area contributed by atoms with Crippen LogP contribution >= 0.6 is 7.82 Å². The van der Waals surface area contributed by atoms with Crippen molar-refractivity contribution in [3.05, 3.63) is 24.3 Å². The monoisotopic (exact) mass is 961 g/mol. The summed E-state index contributed by atoms with van der Waals surface area (Å²) in [4.78, 5) is 35.9. The summed E-state index contributed by atoms with van der Waals surface area (Å²) in [5.74, 6) is -1.10. The second kappa shape index (κ2) is 42.2. The highest BCUT2D eigenvalue weighted by atomic mass is 31.2. The first-order valence-corrected chi connectivity index (χ1v) is 28.1. The number of unbranched alkanes of at least 4 members (excludes halogenated alkanes) is 29. The number of ether oxygens (including phenoxy) is 2. The third kappa shape index (κ3) is 33.8. The van der Waals surface area contributed by atoms with Crippen LogP contribution in [0.2, 0.25) is 0 Å². The van der Waals surface area contributed by atoms with Gasteiger partial charge in [-0.25, -0.2) is 4.57 Å². The molecule has 0 aromatic rings. The van der Waals surface area contributed by atoms with E-state index in [9.17, 15) is 44.6 Å². The predicted octanol–water partition coefficient (Wildman–Crippen LogP) is 11.6. The number of phosphoric acid groups is 1. The Hall–Kier alpha value is -1.67. The molecule has 1 aliphatic rings. The lowest BCUT2D eigenvalue weighted by Gasteiger charge is -2.41. The fourth-order valence-electron chi connectivity index (χ4n) is 8.22. The Morgan fingerprint density at radius 3 is 1.15 bits per heavy atom. The normalized spacial score (nSPS) is 21.4. The molecule has 6 N–H and O–H groups in total. The van der Waals surface area contributed by atoms with E-state index in [2.05, 4.69) is 38.2 Å². The Bertz CT molecular complexity index is 1250. The van der Waals surface area contributed by atoms with E-state index >= 15 is 0 Å². The van der Waals surface area contributed by atoms with E-state index in [1.165, 1.54) is 135 Å². The predicted molar refractivity (Wildman–Crippen MR) is 263 cm³/mol. The number of carbonyl (C=O) groups excluding carboxylic acids is 2. The van der Waals surface area contributed by atoms with Gasteiger partial charge in [0.05, 0.1) is 6.61 Å². The average molecular weight is 961 g/mol. The van der Waals surface area contributed by atoms with Crippen LogP contribution in [0, 0.1) is 0 Å². The van der Waals surface area contributed by atoms with Crippen molar-refractivity contribution in [2.24, 2.45) is 0 Å². The molecule has 0 bridgehead atoms. The lowest BCUT2D eigenvalue weighted by atomic mass is 9.85. The molecule has 0 heterocycles. The highest BCUT2D eigenvalue weighted by Crippen LogP contribution is 2.47. The van der Waals surface area contributed by atoms with Gasteiger partial charge in [-0.05, 0) is 64.2 Å². The van der Waals surface area contributed by atoms with Crippen molar-refractivity contribution in [3.8, 4) is 0 Å². The van der Waals surface area contributed by atoms with Crippen molar-refractivity contribution in [2.45, 2.75) is 281 Å². The quantitative estimate of drug-likeness (QED) is 0.0145. The molecule has 388 valence electrons. The molecule has 1 rings (SSSR count). The number of phosphoric ester groups is 1.